The van der Waals surface area contributed by atoms with Gasteiger partial charge in [-0.05, 0) is 0 Å². The normalized spacial score (nSPS) is 24.6. The summed E-state index contributed by atoms with van der Waals surface area (Å²) in [7, 11) is -2.47. The second-order valence-corrected chi connectivity index (χ2v) is 26.4. The monoisotopic (exact) mass is 916 g/mol. The van der Waals surface area contributed by atoms with Gasteiger partial charge in [-0.3, -0.25) is 0 Å². The van der Waals surface area contributed by atoms with Crippen molar-refractivity contribution in [2.75, 3.05) is 19.8 Å². The number of benzene rings is 4. The van der Waals surface area contributed by atoms with E-state index in [1.165, 1.54) is 4.46 Å². The Balaban J connectivity index is 1.44. The van der Waals surface area contributed by atoms with E-state index in [4.69, 9.17) is 28.1 Å². The summed E-state index contributed by atoms with van der Waals surface area (Å²) < 4.78 is 44.2. The minimum absolute atomic E-state index is 0.00756. The van der Waals surface area contributed by atoms with Crippen LogP contribution in [0.5, 0.6) is 0 Å². The fourth-order valence-electron chi connectivity index (χ4n) is 10.0. The first kappa shape index (κ1) is 47.8. The quantitative estimate of drug-likeness (QED) is 0.0787. The molecule has 0 unspecified atom stereocenters. The fourth-order valence-corrected chi connectivity index (χ4v) is 18.7. The third-order valence-electron chi connectivity index (χ3n) is 13.2. The number of ether oxygens (including phenoxy) is 5. The zero-order valence-electron chi connectivity index (χ0n) is 37.7. The van der Waals surface area contributed by atoms with Crippen molar-refractivity contribution in [2.45, 2.75) is 152 Å². The Bertz CT molecular complexity index is 1800. The summed E-state index contributed by atoms with van der Waals surface area (Å²) in [5.41, 5.74) is 3.59. The van der Waals surface area contributed by atoms with Crippen LogP contribution in [-0.2, 0) is 47.9 Å². The summed E-state index contributed by atoms with van der Waals surface area (Å²) in [6, 6.07) is 42.1. The molecule has 2 aliphatic rings. The van der Waals surface area contributed by atoms with Gasteiger partial charge in [0.15, 0.2) is 0 Å². The van der Waals surface area contributed by atoms with Crippen LogP contribution in [0.25, 0.3) is 0 Å². The molecule has 6 rings (SSSR count). The van der Waals surface area contributed by atoms with Crippen LogP contribution in [0.3, 0.4) is 0 Å². The molecular formula is C52H72O7SeSi. The van der Waals surface area contributed by atoms with Crippen molar-refractivity contribution >= 4 is 27.7 Å². The van der Waals surface area contributed by atoms with Crippen LogP contribution >= 0.6 is 0 Å². The predicted molar refractivity (Wildman–Crippen MR) is 250 cm³/mol. The van der Waals surface area contributed by atoms with Gasteiger partial charge in [0.25, 0.3) is 0 Å². The van der Waals surface area contributed by atoms with Gasteiger partial charge in [-0.2, -0.15) is 0 Å². The summed E-state index contributed by atoms with van der Waals surface area (Å²) >= 11 is 0.0710. The fraction of sp³-hybridized carbons (Fsp3) is 0.538. The molecule has 2 saturated heterocycles. The molecule has 0 aromatic heterocycles. The molecule has 1 N–H and O–H groups in total. The Morgan fingerprint density at radius 2 is 1.26 bits per heavy atom. The first-order valence-electron chi connectivity index (χ1n) is 22.8. The number of hydrogen-bond acceptors (Lipinski definition) is 7. The van der Waals surface area contributed by atoms with E-state index in [-0.39, 0.29) is 62.8 Å². The van der Waals surface area contributed by atoms with E-state index in [0.29, 0.717) is 56.1 Å². The van der Waals surface area contributed by atoms with E-state index in [0.717, 1.165) is 36.0 Å². The van der Waals surface area contributed by atoms with Crippen LogP contribution in [0.4, 0.5) is 0 Å². The van der Waals surface area contributed by atoms with Crippen molar-refractivity contribution in [1.82, 2.24) is 0 Å². The van der Waals surface area contributed by atoms with Gasteiger partial charge in [0.05, 0.1) is 0 Å². The van der Waals surface area contributed by atoms with E-state index >= 15 is 0 Å². The summed E-state index contributed by atoms with van der Waals surface area (Å²) in [4.78, 5) is 0.205. The molecule has 0 amide bonds. The SMILES string of the molecule is CC(C)[Si](O[C@@H]1C[C@H](OCc2ccccc2)[C@@H](COCc2ccccc2)O[C@@]1(C)[C@@H](C[C@H]([Se]c1ccccc1)[C@H]1CCCO[C@@H]1CO)OCc1ccccc1)(C(C)C)C(C)C. The Kier molecular flexibility index (Phi) is 18.3. The van der Waals surface area contributed by atoms with Gasteiger partial charge >= 0.3 is 364 Å². The van der Waals surface area contributed by atoms with Crippen molar-refractivity contribution in [3.63, 3.8) is 0 Å². The molecule has 9 heteroatoms. The van der Waals surface area contributed by atoms with Gasteiger partial charge in [0.2, 0.25) is 0 Å². The standard InChI is InChI=1S/C52H72O7SeSi/c1-38(2)61(39(3)4,40(5)6)59-51-31-46(56-35-42-23-14-9-15-24-42)48(37-54-34-41-21-12-8-13-22-41)58-52(51,7)50(57-36-43-25-16-10-17-26-43)32-49(60-44-27-18-11-19-28-44)45-29-20-30-55-47(45)33-53/h8-19,21-28,38-40,45-51,53H,20,29-37H2,1-7H3/t45-,46-,47+,48+,49-,50+,51+,52-/m0/s1. The molecular weight excluding hydrogens is 844 g/mol. The zero-order chi connectivity index (χ0) is 43.2. The molecule has 0 radical (unpaired) electrons. The van der Waals surface area contributed by atoms with E-state index in [1.807, 2.05) is 12.1 Å². The summed E-state index contributed by atoms with van der Waals surface area (Å²) in [5, 5.41) is 10.7. The first-order chi connectivity index (χ1) is 29.5. The topological polar surface area (TPSA) is 75.6 Å². The van der Waals surface area contributed by atoms with Gasteiger partial charge in [0, 0.05) is 0 Å². The predicted octanol–water partition coefficient (Wildman–Crippen LogP) is 10.5. The van der Waals surface area contributed by atoms with Crippen molar-refractivity contribution in [1.29, 1.82) is 0 Å². The van der Waals surface area contributed by atoms with Crippen molar-refractivity contribution in [3.8, 4) is 0 Å². The maximum atomic E-state index is 10.7. The maximum absolute atomic E-state index is 10.7. The van der Waals surface area contributed by atoms with Crippen LogP contribution in [0.2, 0.25) is 21.4 Å². The minimum atomic E-state index is -2.47. The number of aliphatic hydroxyl groups is 1. The molecule has 0 spiro atoms. The van der Waals surface area contributed by atoms with E-state index in [2.05, 4.69) is 158 Å². The Hall–Kier alpha value is -2.66. The van der Waals surface area contributed by atoms with Crippen LogP contribution in [0, 0.1) is 5.92 Å². The average molecular weight is 916 g/mol. The Labute approximate surface area is 374 Å². The van der Waals surface area contributed by atoms with Gasteiger partial charge in [-0.25, -0.2) is 0 Å². The summed E-state index contributed by atoms with van der Waals surface area (Å²) in [6.07, 6.45) is 1.80. The van der Waals surface area contributed by atoms with Crippen molar-refractivity contribution in [3.05, 3.63) is 138 Å². The van der Waals surface area contributed by atoms with Gasteiger partial charge < -0.3 is 0 Å². The molecule has 332 valence electrons. The van der Waals surface area contributed by atoms with Gasteiger partial charge in [0.1, 0.15) is 0 Å². The molecule has 0 bridgehead atoms. The molecule has 4 aromatic carbocycles. The van der Waals surface area contributed by atoms with E-state index in [9.17, 15) is 5.11 Å². The molecule has 0 aliphatic carbocycles. The van der Waals surface area contributed by atoms with E-state index in [1.54, 1.807) is 0 Å². The molecule has 2 aliphatic heterocycles. The molecule has 0 saturated carbocycles. The number of aliphatic hydroxyl groups excluding tert-OH is 1. The third-order valence-corrected chi connectivity index (χ3v) is 22.2. The van der Waals surface area contributed by atoms with Crippen LogP contribution < -0.4 is 4.46 Å². The van der Waals surface area contributed by atoms with Crippen molar-refractivity contribution in [2.24, 2.45) is 5.92 Å². The third kappa shape index (κ3) is 12.5. The van der Waals surface area contributed by atoms with E-state index < -0.39 is 13.9 Å². The first-order valence-corrected chi connectivity index (χ1v) is 26.7. The van der Waals surface area contributed by atoms with Crippen LogP contribution in [0.15, 0.2) is 121 Å². The molecule has 8 atom stereocenters. The summed E-state index contributed by atoms with van der Waals surface area (Å²) in [5.74, 6) is 0.177. The second-order valence-electron chi connectivity index (χ2n) is 18.2. The molecule has 2 heterocycles. The van der Waals surface area contributed by atoms with Gasteiger partial charge in [-0.1, -0.05) is 12.1 Å². The Morgan fingerprint density at radius 3 is 1.82 bits per heavy atom. The molecule has 2 fully saturated rings. The van der Waals surface area contributed by atoms with Crippen LogP contribution in [0.1, 0.15) is 90.8 Å². The Morgan fingerprint density at radius 1 is 0.721 bits per heavy atom. The van der Waals surface area contributed by atoms with Crippen LogP contribution in [-0.4, -0.2) is 84.3 Å². The molecule has 4 aromatic rings. The molecule has 61 heavy (non-hydrogen) atoms. The zero-order valence-corrected chi connectivity index (χ0v) is 40.4. The number of hydrogen-bond donors (Lipinski definition) is 1. The molecule has 7 nitrogen and oxygen atoms in total. The van der Waals surface area contributed by atoms with Crippen molar-refractivity contribution < 1.29 is 33.2 Å². The second kappa shape index (κ2) is 23.3. The van der Waals surface area contributed by atoms with Gasteiger partial charge in [-0.15, -0.1) is 0 Å². The number of rotatable bonds is 22. The average Bonchev–Trinajstić information content (AvgIpc) is 3.27. The summed E-state index contributed by atoms with van der Waals surface area (Å²) in [6.45, 7) is 18.8.